The molecule has 0 spiro atoms. The highest BCUT2D eigenvalue weighted by molar-refractivity contribution is 7.89. The molecule has 156 valence electrons. The van der Waals surface area contributed by atoms with Gasteiger partial charge in [0.05, 0.1) is 24.2 Å². The standard InChI is InChI=1S/C21H26N2O5S/c1-3-28-19-9-5-4-8-16(19)15-22-21(24)18-14-17(10-11-20(18)27-2)29(25,26)23-12-6-7-13-23/h4-5,8-11,14H,3,6-7,12-13,15H2,1-2H3,(H,22,24). The third-order valence-electron chi connectivity index (χ3n) is 4.83. The summed E-state index contributed by atoms with van der Waals surface area (Å²) in [5.74, 6) is 0.611. The smallest absolute Gasteiger partial charge is 0.255 e. The molecule has 7 nitrogen and oxygen atoms in total. The monoisotopic (exact) mass is 418 g/mol. The molecule has 8 heteroatoms. The first-order chi connectivity index (χ1) is 14.0. The van der Waals surface area contributed by atoms with Crippen LogP contribution >= 0.6 is 0 Å². The van der Waals surface area contributed by atoms with Crippen LogP contribution in [0.25, 0.3) is 0 Å². The molecule has 0 bridgehead atoms. The van der Waals surface area contributed by atoms with Gasteiger partial charge < -0.3 is 14.8 Å². The molecule has 0 unspecified atom stereocenters. The molecule has 2 aromatic carbocycles. The first-order valence-corrected chi connectivity index (χ1v) is 11.1. The lowest BCUT2D eigenvalue weighted by atomic mass is 10.1. The van der Waals surface area contributed by atoms with Gasteiger partial charge in [-0.05, 0) is 44.0 Å². The lowest BCUT2D eigenvalue weighted by molar-refractivity contribution is 0.0947. The summed E-state index contributed by atoms with van der Waals surface area (Å²) in [7, 11) is -2.17. The van der Waals surface area contributed by atoms with Gasteiger partial charge in [-0.2, -0.15) is 4.31 Å². The summed E-state index contributed by atoms with van der Waals surface area (Å²) in [5.41, 5.74) is 1.02. The number of hydrogen-bond donors (Lipinski definition) is 1. The lowest BCUT2D eigenvalue weighted by Gasteiger charge is -2.17. The maximum atomic E-state index is 12.8. The first-order valence-electron chi connectivity index (χ1n) is 9.64. The van der Waals surface area contributed by atoms with Gasteiger partial charge in [0.2, 0.25) is 10.0 Å². The molecule has 1 fully saturated rings. The Morgan fingerprint density at radius 3 is 2.52 bits per heavy atom. The number of nitrogens with one attached hydrogen (secondary N) is 1. The maximum absolute atomic E-state index is 12.8. The number of rotatable bonds is 8. The zero-order chi connectivity index (χ0) is 20.9. The second-order valence-corrected chi connectivity index (χ2v) is 8.63. The van der Waals surface area contributed by atoms with Crippen LogP contribution in [0.1, 0.15) is 35.7 Å². The van der Waals surface area contributed by atoms with E-state index in [4.69, 9.17) is 9.47 Å². The van der Waals surface area contributed by atoms with Gasteiger partial charge in [-0.15, -0.1) is 0 Å². The van der Waals surface area contributed by atoms with Crippen LogP contribution in [0.4, 0.5) is 0 Å². The predicted octanol–water partition coefficient (Wildman–Crippen LogP) is 2.81. The number of amides is 1. The average Bonchev–Trinajstić information content (AvgIpc) is 3.28. The molecule has 1 aliphatic heterocycles. The van der Waals surface area contributed by atoms with Crippen LogP contribution in [-0.4, -0.2) is 45.4 Å². The molecule has 0 aromatic heterocycles. The quantitative estimate of drug-likeness (QED) is 0.713. The summed E-state index contributed by atoms with van der Waals surface area (Å²) >= 11 is 0. The van der Waals surface area contributed by atoms with E-state index in [-0.39, 0.29) is 17.0 Å². The molecule has 0 radical (unpaired) electrons. The van der Waals surface area contributed by atoms with E-state index in [0.717, 1.165) is 18.4 Å². The van der Waals surface area contributed by atoms with Crippen molar-refractivity contribution in [2.45, 2.75) is 31.2 Å². The van der Waals surface area contributed by atoms with E-state index in [1.807, 2.05) is 31.2 Å². The molecule has 1 N–H and O–H groups in total. The molecule has 1 heterocycles. The van der Waals surface area contributed by atoms with Crippen molar-refractivity contribution in [1.29, 1.82) is 0 Å². The van der Waals surface area contributed by atoms with Crippen molar-refractivity contribution >= 4 is 15.9 Å². The predicted molar refractivity (Wildman–Crippen MR) is 110 cm³/mol. The van der Waals surface area contributed by atoms with Crippen LogP contribution < -0.4 is 14.8 Å². The maximum Gasteiger partial charge on any atom is 0.255 e. The third kappa shape index (κ3) is 4.71. The highest BCUT2D eigenvalue weighted by Gasteiger charge is 2.28. The van der Waals surface area contributed by atoms with Gasteiger partial charge in [0.1, 0.15) is 11.5 Å². The van der Waals surface area contributed by atoms with Crippen molar-refractivity contribution in [3.8, 4) is 11.5 Å². The number of sulfonamides is 1. The summed E-state index contributed by atoms with van der Waals surface area (Å²) in [4.78, 5) is 12.9. The van der Waals surface area contributed by atoms with Crippen molar-refractivity contribution in [2.24, 2.45) is 0 Å². The van der Waals surface area contributed by atoms with Crippen LogP contribution in [0.15, 0.2) is 47.4 Å². The summed E-state index contributed by atoms with van der Waals surface area (Å²) in [6.07, 6.45) is 1.70. The average molecular weight is 419 g/mol. The fraction of sp³-hybridized carbons (Fsp3) is 0.381. The van der Waals surface area contributed by atoms with Gasteiger partial charge in [0.25, 0.3) is 5.91 Å². The normalized spacial score (nSPS) is 14.6. The van der Waals surface area contributed by atoms with E-state index in [9.17, 15) is 13.2 Å². The Balaban J connectivity index is 1.82. The first kappa shape index (κ1) is 21.1. The Bertz CT molecular complexity index is 969. The van der Waals surface area contributed by atoms with E-state index < -0.39 is 15.9 Å². The van der Waals surface area contributed by atoms with Gasteiger partial charge in [-0.3, -0.25) is 4.79 Å². The molecule has 1 saturated heterocycles. The van der Waals surface area contributed by atoms with Crippen molar-refractivity contribution in [3.05, 3.63) is 53.6 Å². The second kappa shape index (κ2) is 9.28. The Morgan fingerprint density at radius 2 is 1.83 bits per heavy atom. The van der Waals surface area contributed by atoms with Crippen LogP contribution in [0.5, 0.6) is 11.5 Å². The van der Waals surface area contributed by atoms with Crippen molar-refractivity contribution < 1.29 is 22.7 Å². The van der Waals surface area contributed by atoms with Gasteiger partial charge in [0.15, 0.2) is 0 Å². The van der Waals surface area contributed by atoms with Gasteiger partial charge in [0, 0.05) is 25.2 Å². The largest absolute Gasteiger partial charge is 0.496 e. The zero-order valence-corrected chi connectivity index (χ0v) is 17.5. The second-order valence-electron chi connectivity index (χ2n) is 6.70. The number of hydrogen-bond acceptors (Lipinski definition) is 5. The fourth-order valence-corrected chi connectivity index (χ4v) is 4.86. The van der Waals surface area contributed by atoms with Crippen LogP contribution in [0.3, 0.4) is 0 Å². The molecule has 0 atom stereocenters. The summed E-state index contributed by atoms with van der Waals surface area (Å²) in [6.45, 7) is 3.68. The molecule has 0 aliphatic carbocycles. The Morgan fingerprint density at radius 1 is 1.10 bits per heavy atom. The summed E-state index contributed by atoms with van der Waals surface area (Å²) in [5, 5.41) is 2.83. The van der Waals surface area contributed by atoms with Gasteiger partial charge in [-0.25, -0.2) is 8.42 Å². The highest BCUT2D eigenvalue weighted by atomic mass is 32.2. The Labute approximate surface area is 171 Å². The Hall–Kier alpha value is -2.58. The van der Waals surface area contributed by atoms with Gasteiger partial charge >= 0.3 is 0 Å². The van der Waals surface area contributed by atoms with E-state index in [2.05, 4.69) is 5.32 Å². The fourth-order valence-electron chi connectivity index (χ4n) is 3.32. The highest BCUT2D eigenvalue weighted by Crippen LogP contribution is 2.27. The zero-order valence-electron chi connectivity index (χ0n) is 16.7. The van der Waals surface area contributed by atoms with Crippen LogP contribution in [-0.2, 0) is 16.6 Å². The van der Waals surface area contributed by atoms with E-state index in [1.54, 1.807) is 0 Å². The van der Waals surface area contributed by atoms with Crippen LogP contribution in [0, 0.1) is 0 Å². The van der Waals surface area contributed by atoms with E-state index >= 15 is 0 Å². The number of methoxy groups -OCH3 is 1. The number of ether oxygens (including phenoxy) is 2. The SMILES string of the molecule is CCOc1ccccc1CNC(=O)c1cc(S(=O)(=O)N2CCCC2)ccc1OC. The number of para-hydroxylation sites is 1. The van der Waals surface area contributed by atoms with Crippen molar-refractivity contribution in [1.82, 2.24) is 9.62 Å². The molecule has 2 aromatic rings. The van der Waals surface area contributed by atoms with Crippen molar-refractivity contribution in [2.75, 3.05) is 26.8 Å². The van der Waals surface area contributed by atoms with E-state index in [0.29, 0.717) is 31.2 Å². The minimum Gasteiger partial charge on any atom is -0.496 e. The third-order valence-corrected chi connectivity index (χ3v) is 6.72. The number of benzene rings is 2. The molecule has 3 rings (SSSR count). The van der Waals surface area contributed by atoms with E-state index in [1.165, 1.54) is 29.6 Å². The molecular formula is C21H26N2O5S. The van der Waals surface area contributed by atoms with Gasteiger partial charge in [-0.1, -0.05) is 18.2 Å². The van der Waals surface area contributed by atoms with Crippen molar-refractivity contribution in [3.63, 3.8) is 0 Å². The molecular weight excluding hydrogens is 392 g/mol. The minimum atomic E-state index is -3.62. The molecule has 1 aliphatic rings. The molecule has 29 heavy (non-hydrogen) atoms. The number of nitrogens with zero attached hydrogens (tertiary/aromatic N) is 1. The number of carbonyl (C=O) groups excluding carboxylic acids is 1. The lowest BCUT2D eigenvalue weighted by Crippen LogP contribution is -2.28. The number of carbonyl (C=O) groups is 1. The minimum absolute atomic E-state index is 0.0973. The van der Waals surface area contributed by atoms with Crippen LogP contribution in [0.2, 0.25) is 0 Å². The summed E-state index contributed by atoms with van der Waals surface area (Å²) in [6, 6.07) is 11.8. The topological polar surface area (TPSA) is 84.9 Å². The Kier molecular flexibility index (Phi) is 6.76. The molecule has 1 amide bonds. The molecule has 0 saturated carbocycles. The summed E-state index contributed by atoms with van der Waals surface area (Å²) < 4.78 is 38.0.